The van der Waals surface area contributed by atoms with E-state index in [0.717, 1.165) is 27.7 Å². The van der Waals surface area contributed by atoms with Gasteiger partial charge in [-0.05, 0) is 28.8 Å². The Kier molecular flexibility index (Phi) is 5.04. The lowest BCUT2D eigenvalue weighted by atomic mass is 9.97. The molecule has 132 valence electrons. The van der Waals surface area contributed by atoms with Crippen molar-refractivity contribution in [2.75, 3.05) is 0 Å². The van der Waals surface area contributed by atoms with Crippen LogP contribution in [-0.2, 0) is 0 Å². The lowest BCUT2D eigenvalue weighted by molar-refractivity contribution is 0.196. The van der Waals surface area contributed by atoms with Gasteiger partial charge in [0.05, 0.1) is 17.8 Å². The van der Waals surface area contributed by atoms with E-state index in [1.165, 1.54) is 5.56 Å². The van der Waals surface area contributed by atoms with Gasteiger partial charge in [0.15, 0.2) is 6.04 Å². The summed E-state index contributed by atoms with van der Waals surface area (Å²) in [7, 11) is 0. The number of halogens is 1. The molecular formula is C23H18BrN3. The zero-order chi connectivity index (χ0) is 18.6. The molecule has 0 aromatic heterocycles. The van der Waals surface area contributed by atoms with E-state index in [1.54, 1.807) is 0 Å². The van der Waals surface area contributed by atoms with Crippen LogP contribution in [-0.4, -0.2) is 10.7 Å². The normalized spacial score (nSPS) is 17.3. The second-order valence-corrected chi connectivity index (χ2v) is 7.42. The van der Waals surface area contributed by atoms with Crippen molar-refractivity contribution < 1.29 is 0 Å². The maximum Gasteiger partial charge on any atom is 0.159 e. The molecular weight excluding hydrogens is 398 g/mol. The highest BCUT2D eigenvalue weighted by molar-refractivity contribution is 9.10. The first-order chi connectivity index (χ1) is 13.3. The van der Waals surface area contributed by atoms with E-state index in [4.69, 9.17) is 5.10 Å². The van der Waals surface area contributed by atoms with E-state index in [-0.39, 0.29) is 6.04 Å². The van der Waals surface area contributed by atoms with Crippen LogP contribution in [0.5, 0.6) is 0 Å². The van der Waals surface area contributed by atoms with Crippen molar-refractivity contribution in [1.82, 2.24) is 5.01 Å². The SMILES string of the molecule is N#C[C@@H](c1ccc(Br)cc1)N1N=C(c2ccccc2)C[C@H]1c1ccccc1. The summed E-state index contributed by atoms with van der Waals surface area (Å²) in [5.74, 6) is 0. The molecule has 1 aliphatic rings. The number of benzene rings is 3. The Balaban J connectivity index is 1.76. The van der Waals surface area contributed by atoms with E-state index in [9.17, 15) is 5.26 Å². The number of hydrogen-bond donors (Lipinski definition) is 0. The fourth-order valence-electron chi connectivity index (χ4n) is 3.45. The molecule has 1 heterocycles. The third-order valence-electron chi connectivity index (χ3n) is 4.81. The first-order valence-corrected chi connectivity index (χ1v) is 9.67. The van der Waals surface area contributed by atoms with Crippen molar-refractivity contribution in [2.24, 2.45) is 5.10 Å². The molecule has 0 unspecified atom stereocenters. The van der Waals surface area contributed by atoms with E-state index < -0.39 is 6.04 Å². The highest BCUT2D eigenvalue weighted by Crippen LogP contribution is 2.39. The zero-order valence-electron chi connectivity index (χ0n) is 14.7. The number of hydrazone groups is 1. The lowest BCUT2D eigenvalue weighted by Crippen LogP contribution is -2.24. The molecule has 0 aliphatic carbocycles. The number of rotatable bonds is 4. The third-order valence-corrected chi connectivity index (χ3v) is 5.33. The smallest absolute Gasteiger partial charge is 0.159 e. The first-order valence-electron chi connectivity index (χ1n) is 8.87. The van der Waals surface area contributed by atoms with Gasteiger partial charge in [0.2, 0.25) is 0 Å². The van der Waals surface area contributed by atoms with Gasteiger partial charge in [-0.3, -0.25) is 5.01 Å². The van der Waals surface area contributed by atoms with E-state index in [1.807, 2.05) is 65.7 Å². The molecule has 0 spiro atoms. The average molecular weight is 416 g/mol. The summed E-state index contributed by atoms with van der Waals surface area (Å²) in [5, 5.41) is 16.8. The van der Waals surface area contributed by atoms with Crippen LogP contribution in [0.1, 0.15) is 35.2 Å². The van der Waals surface area contributed by atoms with Crippen LogP contribution in [0.15, 0.2) is 94.5 Å². The Hall–Kier alpha value is -2.90. The van der Waals surface area contributed by atoms with Crippen molar-refractivity contribution >= 4 is 21.6 Å². The summed E-state index contributed by atoms with van der Waals surface area (Å²) < 4.78 is 0.998. The summed E-state index contributed by atoms with van der Waals surface area (Å²) >= 11 is 3.46. The molecule has 4 rings (SSSR count). The molecule has 3 aromatic carbocycles. The highest BCUT2D eigenvalue weighted by Gasteiger charge is 2.34. The minimum Gasteiger partial charge on any atom is -0.267 e. The van der Waals surface area contributed by atoms with Gasteiger partial charge in [0, 0.05) is 10.9 Å². The molecule has 27 heavy (non-hydrogen) atoms. The van der Waals surface area contributed by atoms with Gasteiger partial charge in [0.25, 0.3) is 0 Å². The van der Waals surface area contributed by atoms with E-state index in [2.05, 4.69) is 46.3 Å². The van der Waals surface area contributed by atoms with Gasteiger partial charge in [-0.25, -0.2) is 0 Å². The van der Waals surface area contributed by atoms with Gasteiger partial charge >= 0.3 is 0 Å². The van der Waals surface area contributed by atoms with Crippen LogP contribution in [0.4, 0.5) is 0 Å². The van der Waals surface area contributed by atoms with Gasteiger partial charge in [-0.2, -0.15) is 10.4 Å². The fourth-order valence-corrected chi connectivity index (χ4v) is 3.71. The van der Waals surface area contributed by atoms with Crippen molar-refractivity contribution in [3.63, 3.8) is 0 Å². The van der Waals surface area contributed by atoms with Crippen molar-refractivity contribution in [3.05, 3.63) is 106 Å². The average Bonchev–Trinajstić information content (AvgIpc) is 3.16. The number of hydrogen-bond acceptors (Lipinski definition) is 3. The van der Waals surface area contributed by atoms with Gasteiger partial charge in [-0.15, -0.1) is 0 Å². The Bertz CT molecular complexity index is 976. The topological polar surface area (TPSA) is 39.4 Å². The molecule has 0 N–H and O–H groups in total. The van der Waals surface area contributed by atoms with Crippen LogP contribution < -0.4 is 0 Å². The molecule has 0 fully saturated rings. The number of nitrogens with zero attached hydrogens (tertiary/aromatic N) is 3. The second-order valence-electron chi connectivity index (χ2n) is 6.51. The van der Waals surface area contributed by atoms with Gasteiger partial charge in [-0.1, -0.05) is 88.7 Å². The summed E-state index contributed by atoms with van der Waals surface area (Å²) in [5.41, 5.74) is 4.24. The highest BCUT2D eigenvalue weighted by atomic mass is 79.9. The monoisotopic (exact) mass is 415 g/mol. The van der Waals surface area contributed by atoms with Crippen LogP contribution in [0, 0.1) is 11.3 Å². The van der Waals surface area contributed by atoms with Crippen molar-refractivity contribution in [2.45, 2.75) is 18.5 Å². The van der Waals surface area contributed by atoms with E-state index in [0.29, 0.717) is 0 Å². The molecule has 0 saturated heterocycles. The predicted molar refractivity (Wildman–Crippen MR) is 111 cm³/mol. The first kappa shape index (κ1) is 17.5. The molecule has 1 aliphatic heterocycles. The molecule has 0 bridgehead atoms. The predicted octanol–water partition coefficient (Wildman–Crippen LogP) is 5.87. The second kappa shape index (κ2) is 7.77. The molecule has 0 saturated carbocycles. The molecule has 4 heteroatoms. The van der Waals surface area contributed by atoms with Gasteiger partial charge < -0.3 is 0 Å². The number of nitriles is 1. The maximum absolute atomic E-state index is 9.96. The van der Waals surface area contributed by atoms with E-state index >= 15 is 0 Å². The minimum absolute atomic E-state index is 0.0368. The van der Waals surface area contributed by atoms with Crippen LogP contribution in [0.3, 0.4) is 0 Å². The molecule has 0 amide bonds. The third kappa shape index (κ3) is 3.65. The minimum atomic E-state index is -0.440. The molecule has 0 radical (unpaired) electrons. The van der Waals surface area contributed by atoms with Crippen LogP contribution in [0.2, 0.25) is 0 Å². The molecule has 3 nitrogen and oxygen atoms in total. The Morgan fingerprint density at radius 2 is 1.56 bits per heavy atom. The quantitative estimate of drug-likeness (QED) is 0.534. The van der Waals surface area contributed by atoms with Crippen LogP contribution >= 0.6 is 15.9 Å². The standard InChI is InChI=1S/C23H18BrN3/c24-20-13-11-19(12-14-20)23(16-25)27-22(18-9-5-2-6-10-18)15-21(26-27)17-7-3-1-4-8-17/h1-14,22-23H,15H2/t22-,23-/m0/s1. The van der Waals surface area contributed by atoms with Crippen molar-refractivity contribution in [3.8, 4) is 6.07 Å². The summed E-state index contributed by atoms with van der Waals surface area (Å²) in [6.07, 6.45) is 0.780. The maximum atomic E-state index is 9.96. The summed E-state index contributed by atoms with van der Waals surface area (Å²) in [4.78, 5) is 0. The summed E-state index contributed by atoms with van der Waals surface area (Å²) in [6.45, 7) is 0. The van der Waals surface area contributed by atoms with Gasteiger partial charge in [0.1, 0.15) is 0 Å². The Labute approximate surface area is 167 Å². The zero-order valence-corrected chi connectivity index (χ0v) is 16.3. The van der Waals surface area contributed by atoms with Crippen molar-refractivity contribution in [1.29, 1.82) is 5.26 Å². The largest absolute Gasteiger partial charge is 0.267 e. The van der Waals surface area contributed by atoms with Crippen LogP contribution in [0.25, 0.3) is 0 Å². The fraction of sp³-hybridized carbons (Fsp3) is 0.130. The Morgan fingerprint density at radius 1 is 0.926 bits per heavy atom. The molecule has 3 aromatic rings. The molecule has 2 atom stereocenters. The lowest BCUT2D eigenvalue weighted by Gasteiger charge is -2.28. The summed E-state index contributed by atoms with van der Waals surface area (Å²) in [6, 6.07) is 30.5. The Morgan fingerprint density at radius 3 is 2.19 bits per heavy atom.